The molecular formula is C13H15BrN2S. The summed E-state index contributed by atoms with van der Waals surface area (Å²) in [5.41, 5.74) is 0. The highest BCUT2D eigenvalue weighted by Gasteiger charge is 2.25. The van der Waals surface area contributed by atoms with E-state index < -0.39 is 0 Å². The summed E-state index contributed by atoms with van der Waals surface area (Å²) in [5, 5.41) is 3.45. The average molecular weight is 311 g/mol. The lowest BCUT2D eigenvalue weighted by Gasteiger charge is -2.35. The minimum absolute atomic E-state index is 0.653. The van der Waals surface area contributed by atoms with E-state index in [9.17, 15) is 0 Å². The van der Waals surface area contributed by atoms with E-state index in [1.54, 1.807) is 11.3 Å². The van der Waals surface area contributed by atoms with E-state index in [1.165, 1.54) is 16.5 Å². The molecule has 0 radical (unpaired) electrons. The van der Waals surface area contributed by atoms with Crippen LogP contribution >= 0.6 is 27.3 Å². The number of halogens is 1. The summed E-state index contributed by atoms with van der Waals surface area (Å²) in [6, 6.07) is 4.29. The zero-order valence-corrected chi connectivity index (χ0v) is 12.2. The summed E-state index contributed by atoms with van der Waals surface area (Å²) < 4.78 is 1.34. The van der Waals surface area contributed by atoms with Crippen LogP contribution in [0.4, 0.5) is 5.82 Å². The number of nitrogens with zero attached hydrogens (tertiary/aromatic N) is 2. The van der Waals surface area contributed by atoms with Gasteiger partial charge in [0, 0.05) is 34.2 Å². The summed E-state index contributed by atoms with van der Waals surface area (Å²) in [6.07, 6.45) is 3.13. The van der Waals surface area contributed by atoms with Crippen LogP contribution in [0.5, 0.6) is 0 Å². The van der Waals surface area contributed by atoms with Crippen LogP contribution in [0.15, 0.2) is 23.7 Å². The van der Waals surface area contributed by atoms with Gasteiger partial charge in [0.2, 0.25) is 0 Å². The third-order valence-electron chi connectivity index (χ3n) is 3.46. The highest BCUT2D eigenvalue weighted by Crippen LogP contribution is 2.32. The van der Waals surface area contributed by atoms with Gasteiger partial charge in [-0.05, 0) is 29.9 Å². The molecule has 3 heterocycles. The monoisotopic (exact) mass is 310 g/mol. The molecule has 1 fully saturated rings. The third-order valence-corrected chi connectivity index (χ3v) is 5.70. The Balaban J connectivity index is 1.96. The predicted molar refractivity (Wildman–Crippen MR) is 78.3 cm³/mol. The van der Waals surface area contributed by atoms with Crippen molar-refractivity contribution in [3.05, 3.63) is 23.7 Å². The van der Waals surface area contributed by atoms with Gasteiger partial charge in [0.05, 0.1) is 0 Å². The quantitative estimate of drug-likeness (QED) is 0.742. The molecule has 4 heteroatoms. The first-order chi connectivity index (χ1) is 8.25. The van der Waals surface area contributed by atoms with E-state index in [2.05, 4.69) is 50.3 Å². The fourth-order valence-electron chi connectivity index (χ4n) is 2.44. The van der Waals surface area contributed by atoms with Crippen LogP contribution in [0.1, 0.15) is 13.3 Å². The van der Waals surface area contributed by atoms with Gasteiger partial charge in [-0.3, -0.25) is 0 Å². The SMILES string of the molecule is CC1CN(c2nccc3sccc23)CCC1Br. The molecule has 0 saturated carbocycles. The second-order valence-electron chi connectivity index (χ2n) is 4.69. The number of piperidine rings is 1. The number of alkyl halides is 1. The fraction of sp³-hybridized carbons (Fsp3) is 0.462. The number of aromatic nitrogens is 1. The molecule has 1 aliphatic heterocycles. The lowest BCUT2D eigenvalue weighted by Crippen LogP contribution is -2.40. The Morgan fingerprint density at radius 1 is 1.47 bits per heavy atom. The van der Waals surface area contributed by atoms with Gasteiger partial charge >= 0.3 is 0 Å². The second kappa shape index (κ2) is 4.58. The number of anilines is 1. The van der Waals surface area contributed by atoms with E-state index >= 15 is 0 Å². The molecule has 2 aromatic heterocycles. The largest absolute Gasteiger partial charge is 0.356 e. The number of rotatable bonds is 1. The molecule has 0 aromatic carbocycles. The van der Waals surface area contributed by atoms with Crippen LogP contribution < -0.4 is 4.90 Å². The molecule has 2 nitrogen and oxygen atoms in total. The Labute approximate surface area is 114 Å². The van der Waals surface area contributed by atoms with Crippen molar-refractivity contribution >= 4 is 43.2 Å². The van der Waals surface area contributed by atoms with Gasteiger partial charge in [-0.1, -0.05) is 22.9 Å². The van der Waals surface area contributed by atoms with E-state index in [1.807, 2.05) is 6.20 Å². The third kappa shape index (κ3) is 2.08. The smallest absolute Gasteiger partial charge is 0.137 e. The molecule has 17 heavy (non-hydrogen) atoms. The van der Waals surface area contributed by atoms with Crippen molar-refractivity contribution in [1.29, 1.82) is 0 Å². The molecule has 3 rings (SSSR count). The molecule has 90 valence electrons. The van der Waals surface area contributed by atoms with Crippen molar-refractivity contribution in [2.45, 2.75) is 18.2 Å². The van der Waals surface area contributed by atoms with E-state index in [0.29, 0.717) is 10.7 Å². The van der Waals surface area contributed by atoms with Gasteiger partial charge in [0.15, 0.2) is 0 Å². The topological polar surface area (TPSA) is 16.1 Å². The number of hydrogen-bond donors (Lipinski definition) is 0. The molecule has 1 aliphatic rings. The lowest BCUT2D eigenvalue weighted by molar-refractivity contribution is 0.464. The van der Waals surface area contributed by atoms with Gasteiger partial charge in [-0.2, -0.15) is 0 Å². The van der Waals surface area contributed by atoms with Crippen molar-refractivity contribution in [3.8, 4) is 0 Å². The van der Waals surface area contributed by atoms with Gasteiger partial charge in [0.1, 0.15) is 5.82 Å². The minimum atomic E-state index is 0.653. The maximum atomic E-state index is 4.58. The molecule has 0 bridgehead atoms. The minimum Gasteiger partial charge on any atom is -0.356 e. The zero-order chi connectivity index (χ0) is 11.8. The van der Waals surface area contributed by atoms with E-state index in [-0.39, 0.29) is 0 Å². The summed E-state index contributed by atoms with van der Waals surface area (Å²) in [4.78, 5) is 7.66. The molecule has 0 N–H and O–H groups in total. The number of thiophene rings is 1. The first kappa shape index (κ1) is 11.5. The zero-order valence-electron chi connectivity index (χ0n) is 9.77. The molecule has 2 unspecified atom stereocenters. The van der Waals surface area contributed by atoms with E-state index in [4.69, 9.17) is 0 Å². The number of pyridine rings is 1. The average Bonchev–Trinajstić information content (AvgIpc) is 2.80. The first-order valence-electron chi connectivity index (χ1n) is 5.97. The Bertz CT molecular complexity index is 525. The summed E-state index contributed by atoms with van der Waals surface area (Å²) in [6.45, 7) is 4.50. The fourth-order valence-corrected chi connectivity index (χ4v) is 3.59. The van der Waals surface area contributed by atoms with Crippen LogP contribution in [0.3, 0.4) is 0 Å². The molecule has 2 atom stereocenters. The van der Waals surface area contributed by atoms with E-state index in [0.717, 1.165) is 18.9 Å². The van der Waals surface area contributed by atoms with Crippen molar-refractivity contribution in [1.82, 2.24) is 4.98 Å². The summed E-state index contributed by atoms with van der Waals surface area (Å²) in [7, 11) is 0. The molecular weight excluding hydrogens is 296 g/mol. The Kier molecular flexibility index (Phi) is 3.09. The first-order valence-corrected chi connectivity index (χ1v) is 7.76. The number of hydrogen-bond acceptors (Lipinski definition) is 3. The van der Waals surface area contributed by atoms with Crippen molar-refractivity contribution < 1.29 is 0 Å². The lowest BCUT2D eigenvalue weighted by atomic mass is 10.00. The van der Waals surface area contributed by atoms with Crippen LogP contribution in [0.2, 0.25) is 0 Å². The molecule has 0 amide bonds. The van der Waals surface area contributed by atoms with Crippen molar-refractivity contribution in [3.63, 3.8) is 0 Å². The molecule has 0 aliphatic carbocycles. The van der Waals surface area contributed by atoms with Crippen molar-refractivity contribution in [2.24, 2.45) is 5.92 Å². The molecule has 1 saturated heterocycles. The van der Waals surface area contributed by atoms with Crippen LogP contribution in [-0.4, -0.2) is 22.9 Å². The highest BCUT2D eigenvalue weighted by molar-refractivity contribution is 9.09. The van der Waals surface area contributed by atoms with Gasteiger partial charge < -0.3 is 4.90 Å². The van der Waals surface area contributed by atoms with Crippen molar-refractivity contribution in [2.75, 3.05) is 18.0 Å². The molecule has 0 spiro atoms. The Hall–Kier alpha value is -0.610. The highest BCUT2D eigenvalue weighted by atomic mass is 79.9. The summed E-state index contributed by atoms with van der Waals surface area (Å²) >= 11 is 5.54. The second-order valence-corrected chi connectivity index (χ2v) is 6.82. The Morgan fingerprint density at radius 2 is 2.35 bits per heavy atom. The molecule has 2 aromatic rings. The predicted octanol–water partition coefficient (Wildman–Crippen LogP) is 3.91. The van der Waals surface area contributed by atoms with Gasteiger partial charge in [0.25, 0.3) is 0 Å². The van der Waals surface area contributed by atoms with Crippen LogP contribution in [-0.2, 0) is 0 Å². The van der Waals surface area contributed by atoms with Gasteiger partial charge in [-0.15, -0.1) is 11.3 Å². The maximum Gasteiger partial charge on any atom is 0.137 e. The Morgan fingerprint density at radius 3 is 3.18 bits per heavy atom. The van der Waals surface area contributed by atoms with Crippen LogP contribution in [0, 0.1) is 5.92 Å². The summed E-state index contributed by atoms with van der Waals surface area (Å²) in [5.74, 6) is 1.84. The standard InChI is InChI=1S/C13H15BrN2S/c1-9-8-16(6-3-11(9)14)13-10-4-7-17-12(10)2-5-15-13/h2,4-5,7,9,11H,3,6,8H2,1H3. The van der Waals surface area contributed by atoms with Crippen LogP contribution in [0.25, 0.3) is 10.1 Å². The maximum absolute atomic E-state index is 4.58. The number of fused-ring (bicyclic) bond motifs is 1. The van der Waals surface area contributed by atoms with Gasteiger partial charge in [-0.25, -0.2) is 4.98 Å². The normalized spacial score (nSPS) is 25.4.